The van der Waals surface area contributed by atoms with Gasteiger partial charge in [-0.1, -0.05) is 23.7 Å². The van der Waals surface area contributed by atoms with E-state index in [0.717, 1.165) is 12.0 Å². The number of aryl methyl sites for hydroxylation is 1. The predicted molar refractivity (Wildman–Crippen MR) is 89.7 cm³/mol. The van der Waals surface area contributed by atoms with Crippen molar-refractivity contribution in [2.75, 3.05) is 6.54 Å². The first-order chi connectivity index (χ1) is 11.1. The van der Waals surface area contributed by atoms with Crippen LogP contribution in [0.4, 0.5) is 0 Å². The Morgan fingerprint density at radius 2 is 2.13 bits per heavy atom. The molecule has 0 aliphatic heterocycles. The number of amides is 1. The van der Waals surface area contributed by atoms with Crippen molar-refractivity contribution in [3.8, 4) is 10.8 Å². The Morgan fingerprint density at radius 3 is 2.83 bits per heavy atom. The molecule has 118 valence electrons. The molecule has 0 bridgehead atoms. The molecule has 23 heavy (non-hydrogen) atoms. The molecule has 2 aromatic heterocycles. The highest BCUT2D eigenvalue weighted by atomic mass is 35.5. The molecule has 0 aliphatic carbocycles. The molecule has 3 aromatic rings. The Bertz CT molecular complexity index is 798. The van der Waals surface area contributed by atoms with Crippen molar-refractivity contribution >= 4 is 28.8 Å². The number of hydrogen-bond acceptors (Lipinski definition) is 5. The van der Waals surface area contributed by atoms with Crippen LogP contribution in [0.2, 0.25) is 5.02 Å². The minimum atomic E-state index is -0.125. The number of benzene rings is 1. The lowest BCUT2D eigenvalue weighted by Gasteiger charge is -2.04. The van der Waals surface area contributed by atoms with Gasteiger partial charge in [-0.2, -0.15) is 0 Å². The van der Waals surface area contributed by atoms with Crippen LogP contribution in [0.1, 0.15) is 20.9 Å². The van der Waals surface area contributed by atoms with Crippen molar-refractivity contribution in [2.45, 2.75) is 13.3 Å². The molecule has 2 N–H and O–H groups in total. The van der Waals surface area contributed by atoms with E-state index in [9.17, 15) is 4.79 Å². The van der Waals surface area contributed by atoms with Crippen LogP contribution >= 0.6 is 22.9 Å². The van der Waals surface area contributed by atoms with Gasteiger partial charge in [0.25, 0.3) is 5.91 Å². The van der Waals surface area contributed by atoms with Gasteiger partial charge in [0.05, 0.1) is 5.69 Å². The number of aromatic amines is 1. The summed E-state index contributed by atoms with van der Waals surface area (Å²) >= 11 is 7.15. The molecule has 1 aromatic carbocycles. The fourth-order valence-electron chi connectivity index (χ4n) is 2.07. The lowest BCUT2D eigenvalue weighted by molar-refractivity contribution is 0.0957. The van der Waals surface area contributed by atoms with E-state index in [2.05, 4.69) is 25.5 Å². The Balaban J connectivity index is 1.61. The molecular formula is C15H14ClN5OS. The molecule has 8 heteroatoms. The highest BCUT2D eigenvalue weighted by Gasteiger charge is 2.17. The first kappa shape index (κ1) is 15.6. The lowest BCUT2D eigenvalue weighted by Crippen LogP contribution is -2.25. The molecule has 0 saturated carbocycles. The Labute approximate surface area is 141 Å². The number of H-pyrrole nitrogens is 1. The van der Waals surface area contributed by atoms with Crippen LogP contribution in [0.5, 0.6) is 0 Å². The SMILES string of the molecule is Cc1nc(-c2nnc[nH]2)sc1C(=O)NCCc1ccc(Cl)cc1. The number of aromatic nitrogens is 4. The van der Waals surface area contributed by atoms with Crippen molar-refractivity contribution < 1.29 is 4.79 Å². The second-order valence-electron chi connectivity index (χ2n) is 4.90. The van der Waals surface area contributed by atoms with Crippen LogP contribution in [0.15, 0.2) is 30.6 Å². The predicted octanol–water partition coefficient (Wildman–Crippen LogP) is 2.86. The number of hydrogen-bond donors (Lipinski definition) is 2. The van der Waals surface area contributed by atoms with Crippen molar-refractivity contribution in [3.63, 3.8) is 0 Å². The van der Waals surface area contributed by atoms with Crippen molar-refractivity contribution in [3.05, 3.63) is 51.7 Å². The molecule has 0 saturated heterocycles. The van der Waals surface area contributed by atoms with Gasteiger partial charge in [-0.3, -0.25) is 4.79 Å². The first-order valence-electron chi connectivity index (χ1n) is 7.00. The Kier molecular flexibility index (Phi) is 4.68. The summed E-state index contributed by atoms with van der Waals surface area (Å²) in [6.45, 7) is 2.36. The number of nitrogens with zero attached hydrogens (tertiary/aromatic N) is 3. The van der Waals surface area contributed by atoms with Gasteiger partial charge in [-0.05, 0) is 31.0 Å². The van der Waals surface area contributed by atoms with Gasteiger partial charge in [-0.25, -0.2) is 4.98 Å². The number of halogens is 1. The third-order valence-electron chi connectivity index (χ3n) is 3.23. The van der Waals surface area contributed by atoms with Crippen LogP contribution in [0.25, 0.3) is 10.8 Å². The second-order valence-corrected chi connectivity index (χ2v) is 6.34. The molecule has 2 heterocycles. The van der Waals surface area contributed by atoms with Gasteiger partial charge in [0.1, 0.15) is 11.2 Å². The maximum atomic E-state index is 12.3. The quantitative estimate of drug-likeness (QED) is 0.743. The van der Waals surface area contributed by atoms with E-state index in [1.54, 1.807) is 0 Å². The van der Waals surface area contributed by atoms with Crippen molar-refractivity contribution in [1.29, 1.82) is 0 Å². The minimum Gasteiger partial charge on any atom is -0.351 e. The summed E-state index contributed by atoms with van der Waals surface area (Å²) < 4.78 is 0. The molecule has 1 amide bonds. The zero-order valence-corrected chi connectivity index (χ0v) is 13.9. The minimum absolute atomic E-state index is 0.125. The largest absolute Gasteiger partial charge is 0.351 e. The summed E-state index contributed by atoms with van der Waals surface area (Å²) in [6.07, 6.45) is 2.23. The van der Waals surface area contributed by atoms with E-state index in [0.29, 0.717) is 33.0 Å². The normalized spacial score (nSPS) is 10.7. The zero-order chi connectivity index (χ0) is 16.2. The van der Waals surface area contributed by atoms with Gasteiger partial charge >= 0.3 is 0 Å². The van der Waals surface area contributed by atoms with Gasteiger partial charge in [0.15, 0.2) is 10.8 Å². The van der Waals surface area contributed by atoms with Crippen LogP contribution in [0.3, 0.4) is 0 Å². The zero-order valence-electron chi connectivity index (χ0n) is 12.3. The van der Waals surface area contributed by atoms with E-state index in [1.807, 2.05) is 31.2 Å². The summed E-state index contributed by atoms with van der Waals surface area (Å²) in [5.74, 6) is 0.443. The summed E-state index contributed by atoms with van der Waals surface area (Å²) in [4.78, 5) is 20.1. The van der Waals surface area contributed by atoms with Crippen molar-refractivity contribution in [1.82, 2.24) is 25.5 Å². The van der Waals surface area contributed by atoms with Crippen molar-refractivity contribution in [2.24, 2.45) is 0 Å². The maximum absolute atomic E-state index is 12.3. The third kappa shape index (κ3) is 3.75. The first-order valence-corrected chi connectivity index (χ1v) is 8.19. The lowest BCUT2D eigenvalue weighted by atomic mass is 10.1. The third-order valence-corrected chi connectivity index (χ3v) is 4.65. The van der Waals surface area contributed by atoms with E-state index in [-0.39, 0.29) is 5.91 Å². The summed E-state index contributed by atoms with van der Waals surface area (Å²) in [7, 11) is 0. The Morgan fingerprint density at radius 1 is 1.35 bits per heavy atom. The molecule has 0 unspecified atom stereocenters. The van der Waals surface area contributed by atoms with E-state index in [4.69, 9.17) is 11.6 Å². The molecule has 0 atom stereocenters. The summed E-state index contributed by atoms with van der Waals surface area (Å²) in [5, 5.41) is 11.9. The number of carbonyl (C=O) groups is 1. The molecule has 6 nitrogen and oxygen atoms in total. The highest BCUT2D eigenvalue weighted by molar-refractivity contribution is 7.17. The average molecular weight is 348 g/mol. The van der Waals surface area contributed by atoms with E-state index in [1.165, 1.54) is 17.7 Å². The van der Waals surface area contributed by atoms with E-state index >= 15 is 0 Å². The summed E-state index contributed by atoms with van der Waals surface area (Å²) in [6, 6.07) is 7.59. The van der Waals surface area contributed by atoms with Gasteiger partial charge < -0.3 is 10.3 Å². The van der Waals surface area contributed by atoms with Gasteiger partial charge in [0, 0.05) is 11.6 Å². The average Bonchev–Trinajstić information content (AvgIpc) is 3.18. The number of carbonyl (C=O) groups excluding carboxylic acids is 1. The second kappa shape index (κ2) is 6.89. The van der Waals surface area contributed by atoms with Crippen LogP contribution in [-0.2, 0) is 6.42 Å². The monoisotopic (exact) mass is 347 g/mol. The standard InChI is InChI=1S/C15H14ClN5OS/c1-9-12(23-15(20-9)13-18-8-19-21-13)14(22)17-7-6-10-2-4-11(16)5-3-10/h2-5,8H,6-7H2,1H3,(H,17,22)(H,18,19,21). The van der Waals surface area contributed by atoms with E-state index < -0.39 is 0 Å². The molecule has 0 aliphatic rings. The van der Waals surface area contributed by atoms with Crippen LogP contribution in [0, 0.1) is 6.92 Å². The molecule has 0 spiro atoms. The summed E-state index contributed by atoms with van der Waals surface area (Å²) in [5.41, 5.74) is 1.81. The number of nitrogens with one attached hydrogen (secondary N) is 2. The Hall–Kier alpha value is -2.25. The molecular weight excluding hydrogens is 334 g/mol. The fourth-order valence-corrected chi connectivity index (χ4v) is 3.13. The van der Waals surface area contributed by atoms with Gasteiger partial charge in [0.2, 0.25) is 0 Å². The fraction of sp³-hybridized carbons (Fsp3) is 0.200. The number of thiazole rings is 1. The van der Waals surface area contributed by atoms with Gasteiger partial charge in [-0.15, -0.1) is 21.5 Å². The smallest absolute Gasteiger partial charge is 0.263 e. The molecule has 3 rings (SSSR count). The highest BCUT2D eigenvalue weighted by Crippen LogP contribution is 2.24. The molecule has 0 fully saturated rings. The van der Waals surface area contributed by atoms with Crippen LogP contribution < -0.4 is 5.32 Å². The molecule has 0 radical (unpaired) electrons. The number of rotatable bonds is 5. The maximum Gasteiger partial charge on any atom is 0.263 e. The topological polar surface area (TPSA) is 83.6 Å². The van der Waals surface area contributed by atoms with Crippen LogP contribution in [-0.4, -0.2) is 32.6 Å².